The van der Waals surface area contributed by atoms with Crippen molar-refractivity contribution in [2.45, 2.75) is 6.92 Å². The Morgan fingerprint density at radius 2 is 1.79 bits per heavy atom. The maximum atomic E-state index is 3.57. The van der Waals surface area contributed by atoms with Crippen molar-refractivity contribution in [3.05, 3.63) is 84.6 Å². The molecule has 0 aliphatic rings. The predicted octanol–water partition coefficient (Wildman–Crippen LogP) is 4.03. The van der Waals surface area contributed by atoms with Crippen LogP contribution in [-0.2, 0) is 39.8 Å². The standard InChI is InChI=1S/C21H17N2.Y/c1-16-9-8-12-18-15-19(17-10-4-3-5-11-17)23(21(16)18)20-13-6-7-14-22(20)2;/h3-10,12-14H,1-2H3;/q-1;. The molecule has 1 radical (unpaired) electrons. The summed E-state index contributed by atoms with van der Waals surface area (Å²) in [5.41, 5.74) is 4.52. The minimum Gasteiger partial charge on any atom is -0.291 e. The first-order valence-corrected chi connectivity index (χ1v) is 7.71. The number of para-hydroxylation sites is 1. The first-order valence-electron chi connectivity index (χ1n) is 7.71. The Balaban J connectivity index is 0.00000169. The Morgan fingerprint density at radius 3 is 2.54 bits per heavy atom. The van der Waals surface area contributed by atoms with Crippen molar-refractivity contribution in [2.75, 3.05) is 0 Å². The first-order chi connectivity index (χ1) is 11.3. The second-order valence-corrected chi connectivity index (χ2v) is 5.73. The van der Waals surface area contributed by atoms with Gasteiger partial charge in [0, 0.05) is 38.8 Å². The van der Waals surface area contributed by atoms with E-state index in [0.29, 0.717) is 0 Å². The van der Waals surface area contributed by atoms with E-state index >= 15 is 0 Å². The Morgan fingerprint density at radius 1 is 0.958 bits per heavy atom. The molecule has 0 fully saturated rings. The number of aromatic nitrogens is 2. The first kappa shape index (κ1) is 17.1. The third-order valence-corrected chi connectivity index (χ3v) is 4.16. The van der Waals surface area contributed by atoms with Gasteiger partial charge in [-0.2, -0.15) is 29.8 Å². The van der Waals surface area contributed by atoms with Gasteiger partial charge in [0.05, 0.1) is 18.8 Å². The molecule has 4 rings (SSSR count). The molecule has 0 saturated heterocycles. The maximum Gasteiger partial charge on any atom is 0.268 e. The third kappa shape index (κ3) is 2.85. The molecule has 0 N–H and O–H groups in total. The van der Waals surface area contributed by atoms with Gasteiger partial charge in [0.15, 0.2) is 0 Å². The Hall–Kier alpha value is -1.77. The summed E-state index contributed by atoms with van der Waals surface area (Å²) in [6, 6.07) is 27.6. The molecule has 0 atom stereocenters. The molecule has 115 valence electrons. The summed E-state index contributed by atoms with van der Waals surface area (Å²) < 4.78 is 4.41. The van der Waals surface area contributed by atoms with E-state index < -0.39 is 0 Å². The molecule has 0 bridgehead atoms. The van der Waals surface area contributed by atoms with Crippen molar-refractivity contribution >= 4 is 10.9 Å². The van der Waals surface area contributed by atoms with E-state index in [0.717, 1.165) is 22.5 Å². The van der Waals surface area contributed by atoms with E-state index in [2.05, 4.69) is 77.8 Å². The van der Waals surface area contributed by atoms with Crippen LogP contribution in [0.15, 0.2) is 66.9 Å². The molecule has 3 heteroatoms. The van der Waals surface area contributed by atoms with Crippen LogP contribution in [0, 0.1) is 19.1 Å². The summed E-state index contributed by atoms with van der Waals surface area (Å²) >= 11 is 0. The van der Waals surface area contributed by atoms with Gasteiger partial charge < -0.3 is 0 Å². The molecule has 2 aromatic carbocycles. The van der Waals surface area contributed by atoms with E-state index in [1.54, 1.807) is 0 Å². The van der Waals surface area contributed by atoms with E-state index in [9.17, 15) is 0 Å². The van der Waals surface area contributed by atoms with Crippen LogP contribution in [-0.4, -0.2) is 4.57 Å². The van der Waals surface area contributed by atoms with Crippen molar-refractivity contribution < 1.29 is 37.3 Å². The van der Waals surface area contributed by atoms with Crippen LogP contribution in [0.25, 0.3) is 28.0 Å². The molecule has 0 aliphatic heterocycles. The fourth-order valence-corrected chi connectivity index (χ4v) is 3.06. The fourth-order valence-electron chi connectivity index (χ4n) is 3.06. The van der Waals surface area contributed by atoms with Gasteiger partial charge in [-0.1, -0.05) is 12.1 Å². The number of benzene rings is 2. The van der Waals surface area contributed by atoms with Crippen LogP contribution >= 0.6 is 0 Å². The molecular formula is C21H17N2Y-. The van der Waals surface area contributed by atoms with E-state index in [-0.39, 0.29) is 32.7 Å². The number of rotatable bonds is 2. The summed E-state index contributed by atoms with van der Waals surface area (Å²) in [5.74, 6) is 1.11. The smallest absolute Gasteiger partial charge is 0.268 e. The second kappa shape index (κ2) is 7.00. The summed E-state index contributed by atoms with van der Waals surface area (Å²) in [5, 5.41) is 1.13. The van der Waals surface area contributed by atoms with Gasteiger partial charge in [-0.3, -0.25) is 4.57 Å². The van der Waals surface area contributed by atoms with Crippen LogP contribution < -0.4 is 4.57 Å². The number of aryl methyl sites for hydroxylation is 2. The average Bonchev–Trinajstić information content (AvgIpc) is 2.97. The van der Waals surface area contributed by atoms with Gasteiger partial charge >= 0.3 is 0 Å². The summed E-state index contributed by atoms with van der Waals surface area (Å²) in [6.45, 7) is 2.15. The van der Waals surface area contributed by atoms with Crippen LogP contribution in [0.3, 0.4) is 0 Å². The average molecular weight is 386 g/mol. The van der Waals surface area contributed by atoms with Crippen LogP contribution in [0.1, 0.15) is 5.56 Å². The van der Waals surface area contributed by atoms with Crippen molar-refractivity contribution in [3.8, 4) is 17.1 Å². The second-order valence-electron chi connectivity index (χ2n) is 5.73. The van der Waals surface area contributed by atoms with Gasteiger partial charge in [-0.25, -0.2) is 4.57 Å². The van der Waals surface area contributed by atoms with Crippen molar-refractivity contribution in [3.63, 3.8) is 0 Å². The molecule has 0 unspecified atom stereocenters. The molecule has 4 aromatic rings. The maximum absolute atomic E-state index is 3.57. The van der Waals surface area contributed by atoms with Gasteiger partial charge in [0.2, 0.25) is 0 Å². The summed E-state index contributed by atoms with van der Waals surface area (Å²) in [7, 11) is 2.07. The molecule has 2 aromatic heterocycles. The van der Waals surface area contributed by atoms with Crippen molar-refractivity contribution in [1.82, 2.24) is 4.57 Å². The van der Waals surface area contributed by atoms with Gasteiger partial charge in [-0.05, 0) is 24.2 Å². The number of hydrogen-bond acceptors (Lipinski definition) is 0. The molecule has 0 amide bonds. The molecule has 2 nitrogen and oxygen atoms in total. The van der Waals surface area contributed by atoms with Crippen molar-refractivity contribution in [1.29, 1.82) is 0 Å². The largest absolute Gasteiger partial charge is 0.291 e. The SMILES string of the molecule is Cc1cccc2[c-]c(-c3[c-]cccc3)n(-c3cccc[n+]3C)c12.[Y]. The zero-order valence-corrected chi connectivity index (χ0v) is 16.7. The van der Waals surface area contributed by atoms with E-state index in [1.165, 1.54) is 11.1 Å². The van der Waals surface area contributed by atoms with E-state index in [4.69, 9.17) is 0 Å². The third-order valence-electron chi connectivity index (χ3n) is 4.16. The quantitative estimate of drug-likeness (QED) is 0.363. The molecule has 24 heavy (non-hydrogen) atoms. The zero-order chi connectivity index (χ0) is 15.8. The minimum atomic E-state index is 0. The van der Waals surface area contributed by atoms with Gasteiger partial charge in [-0.15, -0.1) is 29.7 Å². The Labute approximate surface area is 167 Å². The van der Waals surface area contributed by atoms with Crippen molar-refractivity contribution in [2.24, 2.45) is 7.05 Å². The normalized spacial score (nSPS) is 10.6. The van der Waals surface area contributed by atoms with Crippen LogP contribution in [0.4, 0.5) is 0 Å². The number of hydrogen-bond donors (Lipinski definition) is 0. The van der Waals surface area contributed by atoms with Gasteiger partial charge in [0.1, 0.15) is 0 Å². The molecule has 0 spiro atoms. The fraction of sp³-hybridized carbons (Fsp3) is 0.0952. The summed E-state index contributed by atoms with van der Waals surface area (Å²) in [4.78, 5) is 0. The predicted molar refractivity (Wildman–Crippen MR) is 92.3 cm³/mol. The number of pyridine rings is 1. The molecular weight excluding hydrogens is 369 g/mol. The molecule has 0 aliphatic carbocycles. The molecule has 0 saturated carbocycles. The minimum absolute atomic E-state index is 0. The number of nitrogens with zero attached hydrogens (tertiary/aromatic N) is 2. The van der Waals surface area contributed by atoms with Crippen LogP contribution in [0.2, 0.25) is 0 Å². The zero-order valence-electron chi connectivity index (χ0n) is 13.8. The molecule has 2 heterocycles. The van der Waals surface area contributed by atoms with Gasteiger partial charge in [0.25, 0.3) is 5.82 Å². The topological polar surface area (TPSA) is 8.81 Å². The van der Waals surface area contributed by atoms with Crippen LogP contribution in [0.5, 0.6) is 0 Å². The summed E-state index contributed by atoms with van der Waals surface area (Å²) in [6.07, 6.45) is 2.07. The monoisotopic (exact) mass is 386 g/mol. The number of fused-ring (bicyclic) bond motifs is 1. The Bertz CT molecular complexity index is 987. The van der Waals surface area contributed by atoms with E-state index in [1.807, 2.05) is 24.3 Å². The Kier molecular flexibility index (Phi) is 4.98.